The zero-order valence-electron chi connectivity index (χ0n) is 34.4. The second-order valence-electron chi connectivity index (χ2n) is 16.4. The van der Waals surface area contributed by atoms with Gasteiger partial charge in [0, 0.05) is 11.1 Å². The lowest BCUT2D eigenvalue weighted by Crippen LogP contribution is -2.29. The smallest absolute Gasteiger partial charge is 0.134 e. The van der Waals surface area contributed by atoms with E-state index in [1.165, 1.54) is 66.8 Å². The Morgan fingerprint density at radius 3 is 2.12 bits per heavy atom. The average Bonchev–Trinajstić information content (AvgIpc) is 3.92. The Morgan fingerprint density at radius 2 is 1.38 bits per heavy atom. The Morgan fingerprint density at radius 1 is 0.717 bits per heavy atom. The largest absolute Gasteiger partial charge is 0.459 e. The fourth-order valence-electron chi connectivity index (χ4n) is 10.2. The highest BCUT2D eigenvalue weighted by Gasteiger charge is 2.56. The number of fused-ring (bicyclic) bond motifs is 9. The molecule has 1 spiro atoms. The molecule has 290 valence electrons. The number of furan rings is 1. The first-order valence-corrected chi connectivity index (χ1v) is 21.2. The summed E-state index contributed by atoms with van der Waals surface area (Å²) in [5, 5.41) is 0. The van der Waals surface area contributed by atoms with Crippen molar-refractivity contribution < 1.29 is 4.42 Å². The molecule has 6 aromatic rings. The first kappa shape index (κ1) is 37.3. The van der Waals surface area contributed by atoms with Gasteiger partial charge in [-0.1, -0.05) is 195 Å². The Kier molecular flexibility index (Phi) is 9.53. The number of hydrogen-bond acceptors (Lipinski definition) is 1. The predicted molar refractivity (Wildman–Crippen MR) is 254 cm³/mol. The summed E-state index contributed by atoms with van der Waals surface area (Å²) in [7, 11) is 0. The molecule has 0 saturated heterocycles. The zero-order valence-corrected chi connectivity index (χ0v) is 34.4. The van der Waals surface area contributed by atoms with Gasteiger partial charge in [-0.3, -0.25) is 0 Å². The number of benzene rings is 5. The molecule has 3 unspecified atom stereocenters. The molecule has 5 aromatic carbocycles. The van der Waals surface area contributed by atoms with E-state index in [9.17, 15) is 0 Å². The average molecular weight is 773 g/mol. The molecule has 4 aliphatic carbocycles. The SMILES string of the molecule is C=Cc1oc2c(c1/C=C\C)-c1ccccc1C21C2=C(C=CC(C3C=C(C(=C/C(=C)c4ccc(-c5ccccc5)cc4)/C=C(\C)c4ccccc4)C=CC3)C2)c2ccccc21. The lowest BCUT2D eigenvalue weighted by atomic mass is 9.67. The van der Waals surface area contributed by atoms with Crippen LogP contribution in [0.25, 0.3) is 51.1 Å². The summed E-state index contributed by atoms with van der Waals surface area (Å²) >= 11 is 0. The van der Waals surface area contributed by atoms with Gasteiger partial charge in [-0.05, 0) is 129 Å². The summed E-state index contributed by atoms with van der Waals surface area (Å²) < 4.78 is 7.02. The second kappa shape index (κ2) is 15.3. The molecule has 1 nitrogen and oxygen atoms in total. The van der Waals surface area contributed by atoms with Crippen molar-refractivity contribution in [2.24, 2.45) is 11.8 Å². The van der Waals surface area contributed by atoms with Crippen LogP contribution < -0.4 is 0 Å². The molecule has 0 fully saturated rings. The molecular formula is C59H48O. The molecule has 0 N–H and O–H groups in total. The van der Waals surface area contributed by atoms with Crippen molar-refractivity contribution in [3.63, 3.8) is 0 Å². The van der Waals surface area contributed by atoms with Crippen LogP contribution in [0.15, 0.2) is 216 Å². The third-order valence-corrected chi connectivity index (χ3v) is 13.1. The normalized spacial score (nSPS) is 20.3. The molecule has 0 amide bonds. The van der Waals surface area contributed by atoms with Crippen molar-refractivity contribution in [3.05, 3.63) is 257 Å². The van der Waals surface area contributed by atoms with Crippen LogP contribution in [0.2, 0.25) is 0 Å². The van der Waals surface area contributed by atoms with Gasteiger partial charge in [-0.2, -0.15) is 0 Å². The molecule has 4 aliphatic rings. The van der Waals surface area contributed by atoms with Gasteiger partial charge in [0.25, 0.3) is 0 Å². The fraction of sp³-hybridized carbons (Fsp3) is 0.119. The highest BCUT2D eigenvalue weighted by Crippen LogP contribution is 2.65. The van der Waals surface area contributed by atoms with Crippen LogP contribution in [0.4, 0.5) is 0 Å². The van der Waals surface area contributed by atoms with Gasteiger partial charge in [-0.25, -0.2) is 0 Å². The second-order valence-corrected chi connectivity index (χ2v) is 16.4. The molecule has 10 rings (SSSR count). The summed E-state index contributed by atoms with van der Waals surface area (Å²) in [5.41, 5.74) is 19.1. The third kappa shape index (κ3) is 6.08. The van der Waals surface area contributed by atoms with Crippen LogP contribution in [0.3, 0.4) is 0 Å². The van der Waals surface area contributed by atoms with Gasteiger partial charge in [0.2, 0.25) is 0 Å². The van der Waals surface area contributed by atoms with Crippen LogP contribution in [-0.2, 0) is 5.41 Å². The number of allylic oxidation sites excluding steroid dienone is 14. The quantitative estimate of drug-likeness (QED) is 0.133. The van der Waals surface area contributed by atoms with E-state index in [0.717, 1.165) is 46.6 Å². The van der Waals surface area contributed by atoms with E-state index in [1.807, 2.05) is 6.08 Å². The van der Waals surface area contributed by atoms with Gasteiger partial charge in [0.15, 0.2) is 0 Å². The summed E-state index contributed by atoms with van der Waals surface area (Å²) in [6.45, 7) is 13.1. The standard InChI is InChI=1S/C59H48O/c1-5-18-52-56(6-2)60-58-57(52)51-26-14-16-28-54(51)59(58)53-27-15-13-25-49(53)50-34-33-47(38-55(50)59)45-23-17-24-46(37-45)48(35-39(3)41-19-9-7-10-20-41)36-40(4)42-29-31-44(32-30-42)43-21-11-8-12-22-43/h5-22,24-37,45,47H,2,4,23,38H2,1,3H3/b18-5-,39-35+,48-36+. The van der Waals surface area contributed by atoms with Crippen molar-refractivity contribution >= 4 is 28.9 Å². The van der Waals surface area contributed by atoms with Crippen LogP contribution in [0.5, 0.6) is 0 Å². The summed E-state index contributed by atoms with van der Waals surface area (Å²) in [6.07, 6.45) is 24.8. The predicted octanol–water partition coefficient (Wildman–Crippen LogP) is 15.5. The van der Waals surface area contributed by atoms with E-state index in [-0.39, 0.29) is 0 Å². The van der Waals surface area contributed by atoms with E-state index < -0.39 is 5.41 Å². The molecule has 1 aromatic heterocycles. The maximum Gasteiger partial charge on any atom is 0.134 e. The van der Waals surface area contributed by atoms with Crippen molar-refractivity contribution in [1.29, 1.82) is 0 Å². The topological polar surface area (TPSA) is 13.1 Å². The van der Waals surface area contributed by atoms with Crippen LogP contribution >= 0.6 is 0 Å². The molecule has 1 heterocycles. The molecule has 0 saturated carbocycles. The first-order chi connectivity index (χ1) is 29.5. The molecule has 0 bridgehead atoms. The van der Waals surface area contributed by atoms with Crippen molar-refractivity contribution in [2.75, 3.05) is 0 Å². The highest BCUT2D eigenvalue weighted by molar-refractivity contribution is 5.99. The van der Waals surface area contributed by atoms with E-state index in [2.05, 4.69) is 215 Å². The van der Waals surface area contributed by atoms with Gasteiger partial charge in [0.1, 0.15) is 16.9 Å². The Labute approximate surface area is 354 Å². The third-order valence-electron chi connectivity index (χ3n) is 13.1. The zero-order chi connectivity index (χ0) is 40.8. The highest BCUT2D eigenvalue weighted by atomic mass is 16.3. The Balaban J connectivity index is 1.04. The van der Waals surface area contributed by atoms with Gasteiger partial charge in [-0.15, -0.1) is 0 Å². The fourth-order valence-corrected chi connectivity index (χ4v) is 10.2. The Bertz CT molecular complexity index is 2900. The van der Waals surface area contributed by atoms with Crippen LogP contribution in [0.1, 0.15) is 71.6 Å². The van der Waals surface area contributed by atoms with Crippen molar-refractivity contribution in [1.82, 2.24) is 0 Å². The summed E-state index contributed by atoms with van der Waals surface area (Å²) in [6, 6.07) is 48.0. The molecule has 0 aliphatic heterocycles. The Hall–Kier alpha value is -6.96. The minimum atomic E-state index is -0.510. The van der Waals surface area contributed by atoms with E-state index in [1.54, 1.807) is 0 Å². The van der Waals surface area contributed by atoms with Crippen LogP contribution in [-0.4, -0.2) is 0 Å². The minimum Gasteiger partial charge on any atom is -0.459 e. The summed E-state index contributed by atoms with van der Waals surface area (Å²) in [4.78, 5) is 0. The molecule has 1 heteroatoms. The van der Waals surface area contributed by atoms with Crippen LogP contribution in [0, 0.1) is 11.8 Å². The van der Waals surface area contributed by atoms with Gasteiger partial charge in [0.05, 0.1) is 0 Å². The van der Waals surface area contributed by atoms with Crippen molar-refractivity contribution in [2.45, 2.75) is 32.1 Å². The number of rotatable bonds is 9. The lowest BCUT2D eigenvalue weighted by molar-refractivity contribution is 0.423. The first-order valence-electron chi connectivity index (χ1n) is 21.2. The van der Waals surface area contributed by atoms with Gasteiger partial charge >= 0.3 is 0 Å². The molecule has 0 radical (unpaired) electrons. The van der Waals surface area contributed by atoms with Crippen molar-refractivity contribution in [3.8, 4) is 22.3 Å². The molecule has 3 atom stereocenters. The molecule has 60 heavy (non-hydrogen) atoms. The van der Waals surface area contributed by atoms with E-state index in [0.29, 0.717) is 11.8 Å². The van der Waals surface area contributed by atoms with E-state index in [4.69, 9.17) is 4.42 Å². The van der Waals surface area contributed by atoms with Gasteiger partial charge < -0.3 is 4.42 Å². The maximum atomic E-state index is 7.02. The minimum absolute atomic E-state index is 0.295. The monoisotopic (exact) mass is 772 g/mol. The number of hydrogen-bond donors (Lipinski definition) is 0. The molecular weight excluding hydrogens is 725 g/mol. The summed E-state index contributed by atoms with van der Waals surface area (Å²) in [5.74, 6) is 2.46. The maximum absolute atomic E-state index is 7.02. The van der Waals surface area contributed by atoms with E-state index >= 15 is 0 Å². The lowest BCUT2D eigenvalue weighted by Gasteiger charge is -2.35.